The molecule has 0 aromatic heterocycles. The smallest absolute Gasteiger partial charge is 0.200 e. The summed E-state index contributed by atoms with van der Waals surface area (Å²) < 4.78 is 4.92. The number of rotatable bonds is 3. The highest BCUT2D eigenvalue weighted by molar-refractivity contribution is 9.09. The Kier molecular flexibility index (Phi) is 3.63. The Morgan fingerprint density at radius 3 is 2.57 bits per heavy atom. The van der Waals surface area contributed by atoms with Crippen molar-refractivity contribution >= 4 is 15.9 Å². The van der Waals surface area contributed by atoms with Gasteiger partial charge in [0.2, 0.25) is 5.75 Å². The molecule has 1 atom stereocenters. The minimum absolute atomic E-state index is 0.146. The molecule has 0 fully saturated rings. The Labute approximate surface area is 91.5 Å². The van der Waals surface area contributed by atoms with Crippen LogP contribution >= 0.6 is 15.9 Å². The number of alkyl halides is 1. The molecule has 0 bridgehead atoms. The van der Waals surface area contributed by atoms with Crippen LogP contribution in [0, 0.1) is 0 Å². The molecular formula is C10H13BrO3. The van der Waals surface area contributed by atoms with E-state index in [0.29, 0.717) is 10.6 Å². The van der Waals surface area contributed by atoms with Crippen LogP contribution in [0.25, 0.3) is 0 Å². The van der Waals surface area contributed by atoms with Crippen LogP contribution < -0.4 is 4.74 Å². The van der Waals surface area contributed by atoms with Gasteiger partial charge in [-0.25, -0.2) is 0 Å². The molecule has 1 aromatic carbocycles. The Morgan fingerprint density at radius 2 is 2.07 bits per heavy atom. The zero-order valence-corrected chi connectivity index (χ0v) is 9.71. The number of ether oxygens (including phenoxy) is 1. The fraction of sp³-hybridized carbons (Fsp3) is 0.400. The lowest BCUT2D eigenvalue weighted by atomic mass is 10.1. The van der Waals surface area contributed by atoms with E-state index in [-0.39, 0.29) is 11.5 Å². The van der Waals surface area contributed by atoms with Crippen LogP contribution in [0.3, 0.4) is 0 Å². The molecule has 78 valence electrons. The van der Waals surface area contributed by atoms with Crippen molar-refractivity contribution in [2.24, 2.45) is 0 Å². The lowest BCUT2D eigenvalue weighted by Crippen LogP contribution is -1.97. The highest BCUT2D eigenvalue weighted by Gasteiger charge is 2.10. The Hall–Kier alpha value is -0.900. The Balaban J connectivity index is 3.03. The summed E-state index contributed by atoms with van der Waals surface area (Å²) in [5.41, 5.74) is 0.918. The van der Waals surface area contributed by atoms with E-state index in [1.54, 1.807) is 6.07 Å². The lowest BCUT2D eigenvalue weighted by Gasteiger charge is -2.09. The molecule has 1 unspecified atom stereocenters. The van der Waals surface area contributed by atoms with Crippen molar-refractivity contribution in [3.63, 3.8) is 0 Å². The number of halogens is 1. The van der Waals surface area contributed by atoms with E-state index in [0.717, 1.165) is 12.0 Å². The third kappa shape index (κ3) is 2.54. The van der Waals surface area contributed by atoms with Crippen LogP contribution in [0.1, 0.15) is 12.5 Å². The fourth-order valence-corrected chi connectivity index (χ4v) is 1.62. The minimum atomic E-state index is -0.210. The van der Waals surface area contributed by atoms with Crippen molar-refractivity contribution in [1.82, 2.24) is 0 Å². The highest BCUT2D eigenvalue weighted by Crippen LogP contribution is 2.36. The lowest BCUT2D eigenvalue weighted by molar-refractivity contribution is 0.350. The zero-order chi connectivity index (χ0) is 10.7. The zero-order valence-electron chi connectivity index (χ0n) is 8.12. The van der Waals surface area contributed by atoms with Gasteiger partial charge in [-0.05, 0) is 24.1 Å². The first-order chi connectivity index (χ1) is 6.54. The summed E-state index contributed by atoms with van der Waals surface area (Å²) in [5.74, 6) is -0.0564. The standard InChI is InChI=1S/C10H13BrO3/c1-6(11)3-7-4-8(12)10(13)9(5-7)14-2/h4-6,12-13H,3H2,1-2H3. The molecule has 0 aliphatic carbocycles. The summed E-state index contributed by atoms with van der Waals surface area (Å²) in [4.78, 5) is 0.316. The van der Waals surface area contributed by atoms with Gasteiger partial charge in [0.15, 0.2) is 11.5 Å². The van der Waals surface area contributed by atoms with Gasteiger partial charge in [0.1, 0.15) is 0 Å². The van der Waals surface area contributed by atoms with Gasteiger partial charge in [0.05, 0.1) is 7.11 Å². The second-order valence-electron chi connectivity index (χ2n) is 3.15. The van der Waals surface area contributed by atoms with Crippen LogP contribution in [0.5, 0.6) is 17.2 Å². The SMILES string of the molecule is COc1cc(CC(C)Br)cc(O)c1O. The van der Waals surface area contributed by atoms with Gasteiger partial charge in [0.25, 0.3) is 0 Å². The van der Waals surface area contributed by atoms with Gasteiger partial charge < -0.3 is 14.9 Å². The van der Waals surface area contributed by atoms with Crippen LogP contribution in [0.15, 0.2) is 12.1 Å². The minimum Gasteiger partial charge on any atom is -0.504 e. The number of phenols is 2. The maximum absolute atomic E-state index is 9.38. The van der Waals surface area contributed by atoms with Crippen molar-refractivity contribution in [2.45, 2.75) is 18.2 Å². The molecule has 1 aromatic rings. The van der Waals surface area contributed by atoms with E-state index in [1.165, 1.54) is 13.2 Å². The molecule has 0 aliphatic rings. The number of methoxy groups -OCH3 is 1. The predicted octanol–water partition coefficient (Wildman–Crippen LogP) is 2.43. The van der Waals surface area contributed by atoms with Crippen molar-refractivity contribution in [3.05, 3.63) is 17.7 Å². The van der Waals surface area contributed by atoms with Gasteiger partial charge >= 0.3 is 0 Å². The van der Waals surface area contributed by atoms with Gasteiger partial charge in [-0.15, -0.1) is 0 Å². The number of hydrogen-bond acceptors (Lipinski definition) is 3. The number of benzene rings is 1. The van der Waals surface area contributed by atoms with E-state index in [2.05, 4.69) is 15.9 Å². The van der Waals surface area contributed by atoms with Gasteiger partial charge in [-0.1, -0.05) is 22.9 Å². The van der Waals surface area contributed by atoms with Crippen LogP contribution in [0.2, 0.25) is 0 Å². The Morgan fingerprint density at radius 1 is 1.43 bits per heavy atom. The molecule has 0 radical (unpaired) electrons. The maximum Gasteiger partial charge on any atom is 0.200 e. The van der Waals surface area contributed by atoms with Crippen LogP contribution in [-0.2, 0) is 6.42 Å². The molecule has 0 heterocycles. The Bertz CT molecular complexity index is 323. The predicted molar refractivity (Wildman–Crippen MR) is 58.4 cm³/mol. The summed E-state index contributed by atoms with van der Waals surface area (Å²) >= 11 is 3.42. The van der Waals surface area contributed by atoms with Crippen LogP contribution in [-0.4, -0.2) is 22.2 Å². The largest absolute Gasteiger partial charge is 0.504 e. The summed E-state index contributed by atoms with van der Waals surface area (Å²) in [6, 6.07) is 3.25. The van der Waals surface area contributed by atoms with Gasteiger partial charge in [-0.2, -0.15) is 0 Å². The normalized spacial score (nSPS) is 12.5. The molecule has 2 N–H and O–H groups in total. The second-order valence-corrected chi connectivity index (χ2v) is 4.71. The molecule has 14 heavy (non-hydrogen) atoms. The summed E-state index contributed by atoms with van der Waals surface area (Å²) in [6.45, 7) is 2.01. The number of hydrogen-bond donors (Lipinski definition) is 2. The number of phenolic OH excluding ortho intramolecular Hbond substituents is 2. The molecule has 1 rings (SSSR count). The summed E-state index contributed by atoms with van der Waals surface area (Å²) in [7, 11) is 1.45. The maximum atomic E-state index is 9.38. The van der Waals surface area contributed by atoms with Crippen molar-refractivity contribution in [1.29, 1.82) is 0 Å². The topological polar surface area (TPSA) is 49.7 Å². The van der Waals surface area contributed by atoms with Gasteiger partial charge in [0, 0.05) is 4.83 Å². The van der Waals surface area contributed by atoms with Crippen molar-refractivity contribution in [2.75, 3.05) is 7.11 Å². The average Bonchev–Trinajstić information content (AvgIpc) is 2.10. The van der Waals surface area contributed by atoms with E-state index in [9.17, 15) is 10.2 Å². The molecule has 0 spiro atoms. The molecular weight excluding hydrogens is 248 g/mol. The van der Waals surface area contributed by atoms with E-state index in [1.807, 2.05) is 6.92 Å². The second kappa shape index (κ2) is 4.55. The summed E-state index contributed by atoms with van der Waals surface area (Å²) in [6.07, 6.45) is 0.768. The quantitative estimate of drug-likeness (QED) is 0.649. The van der Waals surface area contributed by atoms with E-state index >= 15 is 0 Å². The molecule has 3 nitrogen and oxygen atoms in total. The van der Waals surface area contributed by atoms with Crippen LogP contribution in [0.4, 0.5) is 0 Å². The first-order valence-electron chi connectivity index (χ1n) is 4.27. The van der Waals surface area contributed by atoms with Crippen molar-refractivity contribution in [3.8, 4) is 17.2 Å². The third-order valence-corrected chi connectivity index (χ3v) is 2.18. The molecule has 0 saturated heterocycles. The summed E-state index contributed by atoms with van der Waals surface area (Å²) in [5, 5.41) is 18.7. The highest BCUT2D eigenvalue weighted by atomic mass is 79.9. The number of aromatic hydroxyl groups is 2. The molecule has 0 saturated carbocycles. The average molecular weight is 261 g/mol. The first kappa shape index (κ1) is 11.2. The molecule has 0 aliphatic heterocycles. The molecule has 0 amide bonds. The fourth-order valence-electron chi connectivity index (χ4n) is 1.25. The van der Waals surface area contributed by atoms with Gasteiger partial charge in [-0.3, -0.25) is 0 Å². The first-order valence-corrected chi connectivity index (χ1v) is 5.19. The van der Waals surface area contributed by atoms with Crippen molar-refractivity contribution < 1.29 is 14.9 Å². The van der Waals surface area contributed by atoms with E-state index in [4.69, 9.17) is 4.74 Å². The van der Waals surface area contributed by atoms with E-state index < -0.39 is 0 Å². The molecule has 4 heteroatoms. The third-order valence-electron chi connectivity index (χ3n) is 1.85. The monoisotopic (exact) mass is 260 g/mol.